The highest BCUT2D eigenvalue weighted by molar-refractivity contribution is 7.92. The third-order valence-electron chi connectivity index (χ3n) is 3.30. The van der Waals surface area contributed by atoms with E-state index < -0.39 is 10.0 Å². The largest absolute Gasteiger partial charge is 0.296 e. The molecule has 0 aliphatic carbocycles. The number of carbonyl (C=O) groups is 1. The average Bonchev–Trinajstić information content (AvgIpc) is 3.11. The molecule has 0 fully saturated rings. The standard InChI is InChI=1S/C15H16N6O3S2/c1-9-8-10(2)21(19-9)12-6-4-11(5-7-12)13(22)16-14-17-18-15(25-14)20-26(3,23)24/h4-8H,1-3H3,(H,18,20)(H,16,17,22). The predicted octanol–water partition coefficient (Wildman–Crippen LogP) is 1.96. The van der Waals surface area contributed by atoms with Gasteiger partial charge < -0.3 is 0 Å². The van der Waals surface area contributed by atoms with Crippen molar-refractivity contribution in [3.05, 3.63) is 47.3 Å². The van der Waals surface area contributed by atoms with Crippen molar-refractivity contribution in [2.75, 3.05) is 16.3 Å². The molecule has 1 amide bonds. The molecule has 2 aromatic heterocycles. The van der Waals surface area contributed by atoms with Crippen molar-refractivity contribution in [3.8, 4) is 5.69 Å². The van der Waals surface area contributed by atoms with Crippen molar-refractivity contribution in [1.82, 2.24) is 20.0 Å². The van der Waals surface area contributed by atoms with Crippen molar-refractivity contribution in [1.29, 1.82) is 0 Å². The minimum absolute atomic E-state index is 0.0858. The first-order chi connectivity index (χ1) is 12.2. The summed E-state index contributed by atoms with van der Waals surface area (Å²) in [5.41, 5.74) is 3.20. The molecule has 1 aromatic carbocycles. The van der Waals surface area contributed by atoms with Crippen LogP contribution < -0.4 is 10.0 Å². The lowest BCUT2D eigenvalue weighted by Crippen LogP contribution is -2.12. The van der Waals surface area contributed by atoms with Gasteiger partial charge in [0.05, 0.1) is 17.6 Å². The summed E-state index contributed by atoms with van der Waals surface area (Å²) in [4.78, 5) is 12.3. The van der Waals surface area contributed by atoms with Crippen molar-refractivity contribution in [2.24, 2.45) is 0 Å². The van der Waals surface area contributed by atoms with E-state index >= 15 is 0 Å². The first-order valence-electron chi connectivity index (χ1n) is 7.47. The SMILES string of the molecule is Cc1cc(C)n(-c2ccc(C(=O)Nc3nnc(NS(C)(=O)=O)s3)cc2)n1. The molecule has 9 nitrogen and oxygen atoms in total. The van der Waals surface area contributed by atoms with Crippen molar-refractivity contribution in [3.63, 3.8) is 0 Å². The highest BCUT2D eigenvalue weighted by Crippen LogP contribution is 2.21. The van der Waals surface area contributed by atoms with Crippen LogP contribution in [0.15, 0.2) is 30.3 Å². The van der Waals surface area contributed by atoms with Gasteiger partial charge >= 0.3 is 0 Å². The number of nitrogens with zero attached hydrogens (tertiary/aromatic N) is 4. The summed E-state index contributed by atoms with van der Waals surface area (Å²) in [6, 6.07) is 8.92. The van der Waals surface area contributed by atoms with Crippen LogP contribution in [0, 0.1) is 13.8 Å². The Labute approximate surface area is 154 Å². The van der Waals surface area contributed by atoms with Crippen LogP contribution in [0.3, 0.4) is 0 Å². The summed E-state index contributed by atoms with van der Waals surface area (Å²) >= 11 is 0.929. The number of rotatable bonds is 5. The monoisotopic (exact) mass is 392 g/mol. The van der Waals surface area contributed by atoms with Gasteiger partial charge in [0, 0.05) is 11.3 Å². The second-order valence-electron chi connectivity index (χ2n) is 5.63. The van der Waals surface area contributed by atoms with Gasteiger partial charge in [0.2, 0.25) is 20.3 Å². The molecule has 0 aliphatic rings. The zero-order valence-corrected chi connectivity index (χ0v) is 15.8. The Balaban J connectivity index is 1.71. The number of aryl methyl sites for hydroxylation is 2. The lowest BCUT2D eigenvalue weighted by molar-refractivity contribution is 0.102. The molecule has 0 atom stereocenters. The second-order valence-corrected chi connectivity index (χ2v) is 8.35. The molecular formula is C15H16N6O3S2. The third-order valence-corrected chi connectivity index (χ3v) is 4.75. The Kier molecular flexibility index (Phi) is 4.74. The molecular weight excluding hydrogens is 376 g/mol. The number of hydrogen-bond donors (Lipinski definition) is 2. The van der Waals surface area contributed by atoms with Crippen LogP contribution in [0.4, 0.5) is 10.3 Å². The van der Waals surface area contributed by atoms with Gasteiger partial charge in [0.15, 0.2) is 0 Å². The first-order valence-corrected chi connectivity index (χ1v) is 10.2. The number of nitrogens with one attached hydrogen (secondary N) is 2. The van der Waals surface area contributed by atoms with Gasteiger partial charge in [-0.15, -0.1) is 10.2 Å². The van der Waals surface area contributed by atoms with Crippen molar-refractivity contribution in [2.45, 2.75) is 13.8 Å². The maximum atomic E-state index is 12.3. The van der Waals surface area contributed by atoms with E-state index in [1.165, 1.54) is 0 Å². The molecule has 136 valence electrons. The molecule has 3 aromatic rings. The normalized spacial score (nSPS) is 11.3. The van der Waals surface area contributed by atoms with Gasteiger partial charge in [0.1, 0.15) is 0 Å². The van der Waals surface area contributed by atoms with E-state index in [9.17, 15) is 13.2 Å². The Morgan fingerprint density at radius 3 is 2.35 bits per heavy atom. The number of anilines is 2. The molecule has 0 bridgehead atoms. The fraction of sp³-hybridized carbons (Fsp3) is 0.200. The molecule has 0 saturated heterocycles. The molecule has 2 N–H and O–H groups in total. The zero-order chi connectivity index (χ0) is 18.9. The van der Waals surface area contributed by atoms with Gasteiger partial charge in [-0.3, -0.25) is 14.8 Å². The van der Waals surface area contributed by atoms with Crippen molar-refractivity contribution < 1.29 is 13.2 Å². The molecule has 0 aliphatic heterocycles. The van der Waals surface area contributed by atoms with Crippen LogP contribution in [-0.2, 0) is 10.0 Å². The van der Waals surface area contributed by atoms with Gasteiger partial charge in [-0.05, 0) is 44.2 Å². The van der Waals surface area contributed by atoms with Crippen LogP contribution in [0.25, 0.3) is 5.69 Å². The highest BCUT2D eigenvalue weighted by Gasteiger charge is 2.13. The molecule has 3 rings (SSSR count). The van der Waals surface area contributed by atoms with Crippen LogP contribution in [0.2, 0.25) is 0 Å². The summed E-state index contributed by atoms with van der Waals surface area (Å²) < 4.78 is 26.3. The van der Waals surface area contributed by atoms with Crippen molar-refractivity contribution >= 4 is 37.5 Å². The summed E-state index contributed by atoms with van der Waals surface area (Å²) in [6.45, 7) is 3.87. The number of aromatic nitrogens is 4. The fourth-order valence-electron chi connectivity index (χ4n) is 2.29. The van der Waals surface area contributed by atoms with E-state index in [1.807, 2.05) is 19.9 Å². The Morgan fingerprint density at radius 2 is 1.77 bits per heavy atom. The molecule has 0 saturated carbocycles. The number of hydrogen-bond acceptors (Lipinski definition) is 7. The minimum Gasteiger partial charge on any atom is -0.296 e. The predicted molar refractivity (Wildman–Crippen MR) is 99.4 cm³/mol. The smallest absolute Gasteiger partial charge is 0.257 e. The summed E-state index contributed by atoms with van der Waals surface area (Å²) in [5.74, 6) is -0.369. The van der Waals surface area contributed by atoms with E-state index in [2.05, 4.69) is 25.3 Å². The minimum atomic E-state index is -3.44. The third kappa shape index (κ3) is 4.24. The molecule has 2 heterocycles. The summed E-state index contributed by atoms with van der Waals surface area (Å²) in [7, 11) is -3.44. The van der Waals surface area contributed by atoms with Crippen LogP contribution >= 0.6 is 11.3 Å². The van der Waals surface area contributed by atoms with E-state index in [-0.39, 0.29) is 16.2 Å². The van der Waals surface area contributed by atoms with E-state index in [1.54, 1.807) is 28.9 Å². The maximum absolute atomic E-state index is 12.3. The van der Waals surface area contributed by atoms with Crippen LogP contribution in [-0.4, -0.2) is 40.6 Å². The van der Waals surface area contributed by atoms with E-state index in [0.717, 1.165) is 34.7 Å². The lowest BCUT2D eigenvalue weighted by atomic mass is 10.2. The van der Waals surface area contributed by atoms with Gasteiger partial charge in [-0.25, -0.2) is 13.1 Å². The molecule has 11 heteroatoms. The topological polar surface area (TPSA) is 119 Å². The molecule has 26 heavy (non-hydrogen) atoms. The zero-order valence-electron chi connectivity index (χ0n) is 14.2. The summed E-state index contributed by atoms with van der Waals surface area (Å²) in [5, 5.41) is 14.7. The second kappa shape index (κ2) is 6.84. The number of carbonyl (C=O) groups excluding carboxylic acids is 1. The fourth-order valence-corrected chi connectivity index (χ4v) is 3.76. The van der Waals surface area contributed by atoms with Gasteiger partial charge in [0.25, 0.3) is 5.91 Å². The molecule has 0 spiro atoms. The molecule has 0 unspecified atom stereocenters. The lowest BCUT2D eigenvalue weighted by Gasteiger charge is -2.06. The van der Waals surface area contributed by atoms with E-state index in [0.29, 0.717) is 5.56 Å². The molecule has 0 radical (unpaired) electrons. The van der Waals surface area contributed by atoms with Gasteiger partial charge in [-0.1, -0.05) is 11.3 Å². The quantitative estimate of drug-likeness (QED) is 0.685. The number of amides is 1. The van der Waals surface area contributed by atoms with E-state index in [4.69, 9.17) is 0 Å². The Bertz CT molecular complexity index is 1050. The Hall–Kier alpha value is -2.79. The number of benzene rings is 1. The summed E-state index contributed by atoms with van der Waals surface area (Å²) in [6.07, 6.45) is 1.01. The average molecular weight is 392 g/mol. The number of sulfonamides is 1. The highest BCUT2D eigenvalue weighted by atomic mass is 32.2. The van der Waals surface area contributed by atoms with Crippen LogP contribution in [0.1, 0.15) is 21.7 Å². The first kappa shape index (κ1) is 18.0. The van der Waals surface area contributed by atoms with Gasteiger partial charge in [-0.2, -0.15) is 5.10 Å². The maximum Gasteiger partial charge on any atom is 0.257 e. The Morgan fingerprint density at radius 1 is 1.12 bits per heavy atom. The van der Waals surface area contributed by atoms with Crippen LogP contribution in [0.5, 0.6) is 0 Å².